The molecule has 3 aromatic rings. The third kappa shape index (κ3) is 4.40. The molecule has 0 fully saturated rings. The summed E-state index contributed by atoms with van der Waals surface area (Å²) in [5, 5.41) is 13.2. The molecule has 3 aromatic carbocycles. The van der Waals surface area contributed by atoms with Crippen LogP contribution in [0.2, 0.25) is 0 Å². The van der Waals surface area contributed by atoms with E-state index in [2.05, 4.69) is 10.1 Å². The highest BCUT2D eigenvalue weighted by molar-refractivity contribution is 8.18. The number of hydrazone groups is 2. The van der Waals surface area contributed by atoms with Crippen LogP contribution in [0.25, 0.3) is 6.08 Å². The van der Waals surface area contributed by atoms with E-state index in [1.807, 2.05) is 104 Å². The van der Waals surface area contributed by atoms with Crippen LogP contribution in [-0.4, -0.2) is 33.4 Å². The van der Waals surface area contributed by atoms with E-state index in [-0.39, 0.29) is 17.9 Å². The van der Waals surface area contributed by atoms with Crippen LogP contribution in [0.4, 0.5) is 5.69 Å². The Morgan fingerprint density at radius 1 is 0.865 bits per heavy atom. The van der Waals surface area contributed by atoms with Crippen molar-refractivity contribution in [3.63, 3.8) is 0 Å². The number of carbonyl (C=O) groups excluding carboxylic acids is 2. The van der Waals surface area contributed by atoms with E-state index < -0.39 is 5.92 Å². The molecule has 8 heteroatoms. The lowest BCUT2D eigenvalue weighted by Crippen LogP contribution is -2.32. The summed E-state index contributed by atoms with van der Waals surface area (Å²) in [6.45, 7) is 1.86. The normalized spacial score (nSPS) is 22.5. The van der Waals surface area contributed by atoms with Gasteiger partial charge in [0.25, 0.3) is 11.8 Å². The molecule has 0 bridgehead atoms. The van der Waals surface area contributed by atoms with Gasteiger partial charge in [0.05, 0.1) is 28.1 Å². The highest BCUT2D eigenvalue weighted by atomic mass is 32.2. The molecule has 3 heterocycles. The van der Waals surface area contributed by atoms with Crippen molar-refractivity contribution in [3.05, 3.63) is 107 Å². The zero-order chi connectivity index (χ0) is 25.4. The van der Waals surface area contributed by atoms with E-state index in [4.69, 9.17) is 5.10 Å². The number of rotatable bonds is 4. The molecule has 0 saturated heterocycles. The second kappa shape index (κ2) is 9.63. The second-order valence-electron chi connectivity index (χ2n) is 8.95. The van der Waals surface area contributed by atoms with Gasteiger partial charge in [-0.1, -0.05) is 78.9 Å². The van der Waals surface area contributed by atoms with E-state index in [0.29, 0.717) is 22.2 Å². The molecule has 2 amide bonds. The first-order chi connectivity index (χ1) is 18.1. The Morgan fingerprint density at radius 3 is 2.22 bits per heavy atom. The Labute approximate surface area is 218 Å². The summed E-state index contributed by atoms with van der Waals surface area (Å²) in [4.78, 5) is 31.2. The number of benzene rings is 3. The summed E-state index contributed by atoms with van der Waals surface area (Å²) in [5.74, 6) is -0.972. The third-order valence-electron chi connectivity index (χ3n) is 6.49. The van der Waals surface area contributed by atoms with Crippen molar-refractivity contribution in [2.75, 3.05) is 5.01 Å². The molecule has 0 N–H and O–H groups in total. The maximum Gasteiger partial charge on any atom is 0.286 e. The average molecular weight is 506 g/mol. The summed E-state index contributed by atoms with van der Waals surface area (Å²) < 4.78 is 0. The minimum Gasteiger partial charge on any atom is -0.271 e. The fraction of sp³-hybridized carbons (Fsp3) is 0.138. The molecule has 0 aromatic heterocycles. The van der Waals surface area contributed by atoms with Crippen molar-refractivity contribution in [3.8, 4) is 0 Å². The number of nitrogens with zero attached hydrogens (tertiary/aromatic N) is 5. The van der Waals surface area contributed by atoms with Gasteiger partial charge in [-0.25, -0.2) is 5.01 Å². The molecule has 2 unspecified atom stereocenters. The van der Waals surface area contributed by atoms with Gasteiger partial charge in [-0.05, 0) is 48.0 Å². The Balaban J connectivity index is 1.32. The molecule has 182 valence electrons. The quantitative estimate of drug-likeness (QED) is 0.439. The van der Waals surface area contributed by atoms with Crippen LogP contribution < -0.4 is 5.01 Å². The Morgan fingerprint density at radius 2 is 1.51 bits per heavy atom. The number of hydrogen-bond donors (Lipinski definition) is 0. The van der Waals surface area contributed by atoms with Crippen LogP contribution in [0.3, 0.4) is 0 Å². The van der Waals surface area contributed by atoms with Gasteiger partial charge in [0.1, 0.15) is 5.92 Å². The first kappa shape index (κ1) is 23.1. The summed E-state index contributed by atoms with van der Waals surface area (Å²) in [5.41, 5.74) is 4.11. The van der Waals surface area contributed by atoms with E-state index in [1.165, 1.54) is 16.8 Å². The van der Waals surface area contributed by atoms with Crippen LogP contribution in [-0.2, 0) is 9.59 Å². The maximum absolute atomic E-state index is 13.5. The Hall–Kier alpha value is -4.30. The van der Waals surface area contributed by atoms with Crippen molar-refractivity contribution in [2.24, 2.45) is 21.1 Å². The average Bonchev–Trinajstić information content (AvgIpc) is 3.60. The SMILES string of the molecule is CC1=NN(c2ccccc2)C(=O)C1C1=NN(C2=NC(=O)/C(=C\c3ccccc3)S2)C(c2ccccc2)C1. The predicted molar refractivity (Wildman–Crippen MR) is 148 cm³/mol. The monoisotopic (exact) mass is 505 g/mol. The lowest BCUT2D eigenvalue weighted by Gasteiger charge is -2.22. The highest BCUT2D eigenvalue weighted by Gasteiger charge is 2.44. The second-order valence-corrected chi connectivity index (χ2v) is 9.96. The number of hydrogen-bond acceptors (Lipinski definition) is 6. The van der Waals surface area contributed by atoms with Gasteiger partial charge in [0.2, 0.25) is 0 Å². The first-order valence-electron chi connectivity index (χ1n) is 12.0. The maximum atomic E-state index is 13.5. The number of amides is 2. The van der Waals surface area contributed by atoms with Gasteiger partial charge < -0.3 is 0 Å². The van der Waals surface area contributed by atoms with Crippen LogP contribution in [0.15, 0.2) is 111 Å². The van der Waals surface area contributed by atoms with Crippen LogP contribution >= 0.6 is 11.8 Å². The Bertz CT molecular complexity index is 1480. The number of para-hydroxylation sites is 1. The number of thioether (sulfide) groups is 1. The van der Waals surface area contributed by atoms with Crippen LogP contribution in [0.5, 0.6) is 0 Å². The number of carbonyl (C=O) groups is 2. The van der Waals surface area contributed by atoms with E-state index >= 15 is 0 Å². The predicted octanol–water partition coefficient (Wildman–Crippen LogP) is 5.50. The van der Waals surface area contributed by atoms with Gasteiger partial charge in [-0.2, -0.15) is 20.2 Å². The van der Waals surface area contributed by atoms with Gasteiger partial charge in [0, 0.05) is 6.42 Å². The molecule has 0 radical (unpaired) electrons. The van der Waals surface area contributed by atoms with Crippen LogP contribution in [0.1, 0.15) is 30.5 Å². The van der Waals surface area contributed by atoms with Gasteiger partial charge in [0.15, 0.2) is 5.17 Å². The molecule has 3 aliphatic rings. The largest absolute Gasteiger partial charge is 0.286 e. The fourth-order valence-electron chi connectivity index (χ4n) is 4.72. The van der Waals surface area contributed by atoms with E-state index in [0.717, 1.165) is 22.5 Å². The molecule has 0 aliphatic carbocycles. The molecular formula is C29H23N5O2S. The summed E-state index contributed by atoms with van der Waals surface area (Å²) in [6.07, 6.45) is 2.37. The van der Waals surface area contributed by atoms with Crippen molar-refractivity contribution in [1.29, 1.82) is 0 Å². The zero-order valence-electron chi connectivity index (χ0n) is 20.1. The Kier molecular flexibility index (Phi) is 6.02. The molecule has 7 nitrogen and oxygen atoms in total. The summed E-state index contributed by atoms with van der Waals surface area (Å²) in [6, 6.07) is 28.9. The fourth-order valence-corrected chi connectivity index (χ4v) is 5.63. The van der Waals surface area contributed by atoms with Crippen molar-refractivity contribution < 1.29 is 9.59 Å². The smallest absolute Gasteiger partial charge is 0.271 e. The molecule has 37 heavy (non-hydrogen) atoms. The summed E-state index contributed by atoms with van der Waals surface area (Å²) >= 11 is 1.31. The standard InChI is InChI=1S/C29H23N5O2S/c1-19-26(28(36)33(31-19)22-15-9-4-10-16-22)23-18-24(21-13-7-3-8-14-21)34(32-23)29-30-27(35)25(37-29)17-20-11-5-2-6-12-20/h2-17,24,26H,18H2,1H3/b25-17+. The lowest BCUT2D eigenvalue weighted by atomic mass is 9.92. The van der Waals surface area contributed by atoms with Gasteiger partial charge >= 0.3 is 0 Å². The van der Waals surface area contributed by atoms with E-state index in [9.17, 15) is 9.59 Å². The number of aliphatic imine (C=N–C) groups is 1. The molecule has 0 spiro atoms. The van der Waals surface area contributed by atoms with E-state index in [1.54, 1.807) is 5.01 Å². The molecule has 3 aliphatic heterocycles. The first-order valence-corrected chi connectivity index (χ1v) is 12.8. The zero-order valence-corrected chi connectivity index (χ0v) is 20.9. The topological polar surface area (TPSA) is 77.7 Å². The molecular weight excluding hydrogens is 482 g/mol. The minimum absolute atomic E-state index is 0.127. The van der Waals surface area contributed by atoms with Crippen LogP contribution in [0, 0.1) is 5.92 Å². The molecule has 0 saturated carbocycles. The minimum atomic E-state index is -0.557. The van der Waals surface area contributed by atoms with Crippen molar-refractivity contribution in [1.82, 2.24) is 5.01 Å². The van der Waals surface area contributed by atoms with Gasteiger partial charge in [-0.15, -0.1) is 0 Å². The number of anilines is 1. The van der Waals surface area contributed by atoms with Crippen molar-refractivity contribution >= 4 is 51.9 Å². The number of amidine groups is 1. The van der Waals surface area contributed by atoms with Gasteiger partial charge in [-0.3, -0.25) is 9.59 Å². The highest BCUT2D eigenvalue weighted by Crippen LogP contribution is 2.40. The summed E-state index contributed by atoms with van der Waals surface area (Å²) in [7, 11) is 0. The molecule has 6 rings (SSSR count). The lowest BCUT2D eigenvalue weighted by molar-refractivity contribution is -0.118. The molecule has 2 atom stereocenters. The van der Waals surface area contributed by atoms with Crippen molar-refractivity contribution in [2.45, 2.75) is 19.4 Å². The third-order valence-corrected chi connectivity index (χ3v) is 7.46.